The van der Waals surface area contributed by atoms with E-state index in [0.29, 0.717) is 27.9 Å². The van der Waals surface area contributed by atoms with Gasteiger partial charge in [-0.05, 0) is 57.8 Å². The molecule has 10 heteroatoms. The molecular weight excluding hydrogens is 484 g/mol. The average molecular weight is 515 g/mol. The lowest BCUT2D eigenvalue weighted by Gasteiger charge is -2.53. The van der Waals surface area contributed by atoms with E-state index in [2.05, 4.69) is 20.2 Å². The SMILES string of the molecule is O=[S@]1CC2(CC2)c2nc(N3CC4(CCC(c5ncc(Cl)cn5)CC4)C3)nc(NC3(CO)CCC3)c21. The van der Waals surface area contributed by atoms with Crippen LogP contribution in [0, 0.1) is 5.41 Å². The number of aliphatic hydroxyl groups is 1. The van der Waals surface area contributed by atoms with Gasteiger partial charge in [0.1, 0.15) is 16.5 Å². The van der Waals surface area contributed by atoms with Crippen LogP contribution in [0.25, 0.3) is 0 Å². The van der Waals surface area contributed by atoms with Crippen LogP contribution in [0.5, 0.6) is 0 Å². The Labute approximate surface area is 212 Å². The Balaban J connectivity index is 1.11. The van der Waals surface area contributed by atoms with Crippen molar-refractivity contribution >= 4 is 34.2 Å². The lowest BCUT2D eigenvalue weighted by molar-refractivity contribution is 0.124. The minimum atomic E-state index is -1.08. The Bertz CT molecular complexity index is 1180. The van der Waals surface area contributed by atoms with Crippen molar-refractivity contribution < 1.29 is 9.32 Å². The van der Waals surface area contributed by atoms with E-state index in [4.69, 9.17) is 21.6 Å². The highest BCUT2D eigenvalue weighted by molar-refractivity contribution is 7.85. The zero-order valence-electron chi connectivity index (χ0n) is 19.8. The molecule has 8 nitrogen and oxygen atoms in total. The molecule has 5 aliphatic rings. The summed E-state index contributed by atoms with van der Waals surface area (Å²) >= 11 is 5.96. The number of hydrogen-bond donors (Lipinski definition) is 2. The average Bonchev–Trinajstić information content (AvgIpc) is 3.54. The number of fused-ring (bicyclic) bond motifs is 2. The molecule has 35 heavy (non-hydrogen) atoms. The van der Waals surface area contributed by atoms with Gasteiger partial charge in [-0.15, -0.1) is 0 Å². The Kier molecular flexibility index (Phi) is 5.00. The first-order chi connectivity index (χ1) is 16.9. The van der Waals surface area contributed by atoms with Crippen LogP contribution >= 0.6 is 11.6 Å². The topological polar surface area (TPSA) is 104 Å². The fraction of sp³-hybridized carbons (Fsp3) is 0.680. The monoisotopic (exact) mass is 514 g/mol. The molecule has 7 rings (SSSR count). The van der Waals surface area contributed by atoms with Crippen molar-refractivity contribution in [1.29, 1.82) is 0 Å². The Morgan fingerprint density at radius 1 is 1.09 bits per heavy atom. The minimum Gasteiger partial charge on any atom is -0.394 e. The molecule has 1 saturated heterocycles. The van der Waals surface area contributed by atoms with Crippen molar-refractivity contribution in [2.24, 2.45) is 5.41 Å². The summed E-state index contributed by atoms with van der Waals surface area (Å²) in [7, 11) is -1.08. The van der Waals surface area contributed by atoms with Gasteiger partial charge in [0, 0.05) is 48.0 Å². The van der Waals surface area contributed by atoms with Crippen molar-refractivity contribution in [2.45, 2.75) is 79.6 Å². The molecule has 4 heterocycles. The number of hydrogen-bond acceptors (Lipinski definition) is 8. The van der Waals surface area contributed by atoms with E-state index in [0.717, 1.165) is 93.2 Å². The molecule has 2 aromatic rings. The van der Waals surface area contributed by atoms with Gasteiger partial charge in [-0.25, -0.2) is 15.0 Å². The van der Waals surface area contributed by atoms with Crippen LogP contribution in [-0.2, 0) is 16.2 Å². The Morgan fingerprint density at radius 3 is 2.40 bits per heavy atom. The molecule has 2 aliphatic heterocycles. The standard InChI is InChI=1S/C25H31ClN6O2S/c26-17-10-27-20(28-11-17)16-2-6-23(7-3-16)12-32(13-23)22-29-19-18(35(34)15-24(19)8-9-24)21(30-22)31-25(14-33)4-1-5-25/h10-11,16,33H,1-9,12-15H2,(H,29,30,31)/t35-/m0/s1. The highest BCUT2D eigenvalue weighted by Crippen LogP contribution is 2.57. The van der Waals surface area contributed by atoms with Gasteiger partial charge in [0.15, 0.2) is 0 Å². The normalized spacial score (nSPS) is 27.4. The third-order valence-electron chi connectivity index (χ3n) is 9.23. The second-order valence-corrected chi connectivity index (χ2v) is 13.5. The Morgan fingerprint density at radius 2 is 1.80 bits per heavy atom. The molecule has 0 bridgehead atoms. The maximum atomic E-state index is 13.1. The molecule has 0 unspecified atom stereocenters. The zero-order valence-corrected chi connectivity index (χ0v) is 21.4. The summed E-state index contributed by atoms with van der Waals surface area (Å²) in [6.45, 7) is 1.99. The summed E-state index contributed by atoms with van der Waals surface area (Å²) in [5.74, 6) is 3.44. The zero-order chi connectivity index (χ0) is 23.8. The van der Waals surface area contributed by atoms with Crippen molar-refractivity contribution in [3.05, 3.63) is 28.9 Å². The lowest BCUT2D eigenvalue weighted by Crippen LogP contribution is -2.58. The number of anilines is 2. The largest absolute Gasteiger partial charge is 0.394 e. The van der Waals surface area contributed by atoms with Crippen molar-refractivity contribution in [3.8, 4) is 0 Å². The van der Waals surface area contributed by atoms with Crippen LogP contribution < -0.4 is 10.2 Å². The predicted molar refractivity (Wildman–Crippen MR) is 134 cm³/mol. The van der Waals surface area contributed by atoms with Crippen LogP contribution in [0.2, 0.25) is 5.02 Å². The van der Waals surface area contributed by atoms with Gasteiger partial charge in [0.2, 0.25) is 5.95 Å². The van der Waals surface area contributed by atoms with Crippen LogP contribution in [0.1, 0.15) is 75.2 Å². The second kappa shape index (κ2) is 7.83. The number of nitrogens with one attached hydrogen (secondary N) is 1. The van der Waals surface area contributed by atoms with E-state index < -0.39 is 10.8 Å². The van der Waals surface area contributed by atoms with Crippen LogP contribution in [0.15, 0.2) is 17.3 Å². The van der Waals surface area contributed by atoms with E-state index in [1.165, 1.54) is 0 Å². The molecule has 0 amide bonds. The summed E-state index contributed by atoms with van der Waals surface area (Å²) in [6, 6.07) is 0. The maximum absolute atomic E-state index is 13.1. The summed E-state index contributed by atoms with van der Waals surface area (Å²) in [6.07, 6.45) is 12.9. The molecule has 3 saturated carbocycles. The van der Waals surface area contributed by atoms with Gasteiger partial charge < -0.3 is 15.3 Å². The molecule has 3 aliphatic carbocycles. The summed E-state index contributed by atoms with van der Waals surface area (Å²) in [4.78, 5) is 22.0. The molecule has 0 radical (unpaired) electrons. The van der Waals surface area contributed by atoms with Crippen LogP contribution in [-0.4, -0.2) is 60.2 Å². The highest BCUT2D eigenvalue weighted by atomic mass is 35.5. The summed E-state index contributed by atoms with van der Waals surface area (Å²) in [5.41, 5.74) is 0.959. The molecule has 1 atom stereocenters. The molecule has 186 valence electrons. The summed E-state index contributed by atoms with van der Waals surface area (Å²) < 4.78 is 13.1. The third-order valence-corrected chi connectivity index (χ3v) is 11.1. The summed E-state index contributed by atoms with van der Waals surface area (Å²) in [5, 5.41) is 14.2. The molecular formula is C25H31ClN6O2S. The number of aliphatic hydroxyl groups excluding tert-OH is 1. The number of rotatable bonds is 5. The van der Waals surface area contributed by atoms with E-state index in [1.807, 2.05) is 0 Å². The quantitative estimate of drug-likeness (QED) is 0.624. The molecule has 2 N–H and O–H groups in total. The van der Waals surface area contributed by atoms with Gasteiger partial charge in [-0.2, -0.15) is 4.98 Å². The van der Waals surface area contributed by atoms with E-state index in [9.17, 15) is 9.32 Å². The lowest BCUT2D eigenvalue weighted by atomic mass is 9.66. The molecule has 2 spiro atoms. The van der Waals surface area contributed by atoms with Gasteiger partial charge in [0.05, 0.1) is 33.7 Å². The van der Waals surface area contributed by atoms with Gasteiger partial charge in [-0.1, -0.05) is 11.6 Å². The predicted octanol–water partition coefficient (Wildman–Crippen LogP) is 3.56. The second-order valence-electron chi connectivity index (χ2n) is 11.6. The van der Waals surface area contributed by atoms with Gasteiger partial charge >= 0.3 is 0 Å². The fourth-order valence-electron chi connectivity index (χ4n) is 6.58. The minimum absolute atomic E-state index is 0.0144. The van der Waals surface area contributed by atoms with Crippen molar-refractivity contribution in [1.82, 2.24) is 19.9 Å². The smallest absolute Gasteiger partial charge is 0.227 e. The fourth-order valence-corrected chi connectivity index (χ4v) is 8.54. The van der Waals surface area contributed by atoms with Gasteiger partial charge in [-0.3, -0.25) is 4.21 Å². The number of nitrogens with zero attached hydrogens (tertiary/aromatic N) is 5. The van der Waals surface area contributed by atoms with E-state index in [-0.39, 0.29) is 17.6 Å². The molecule has 4 fully saturated rings. The number of halogens is 1. The van der Waals surface area contributed by atoms with Crippen LogP contribution in [0.3, 0.4) is 0 Å². The van der Waals surface area contributed by atoms with Crippen molar-refractivity contribution in [2.75, 3.05) is 35.7 Å². The Hall–Kier alpha value is -1.84. The highest BCUT2D eigenvalue weighted by Gasteiger charge is 2.56. The van der Waals surface area contributed by atoms with Gasteiger partial charge in [0.25, 0.3) is 0 Å². The molecule has 0 aromatic carbocycles. The van der Waals surface area contributed by atoms with Crippen molar-refractivity contribution in [3.63, 3.8) is 0 Å². The molecule has 2 aromatic heterocycles. The first-order valence-electron chi connectivity index (χ1n) is 12.8. The first kappa shape index (κ1) is 22.4. The van der Waals surface area contributed by atoms with Crippen LogP contribution in [0.4, 0.5) is 11.8 Å². The maximum Gasteiger partial charge on any atom is 0.227 e. The third kappa shape index (κ3) is 3.60. The van der Waals surface area contributed by atoms with E-state index >= 15 is 0 Å². The first-order valence-corrected chi connectivity index (χ1v) is 14.5. The van der Waals surface area contributed by atoms with E-state index in [1.54, 1.807) is 12.4 Å². The number of aromatic nitrogens is 4.